The largest absolute Gasteiger partial charge is 0.383 e. The van der Waals surface area contributed by atoms with Crippen LogP contribution in [0.3, 0.4) is 0 Å². The second-order valence-electron chi connectivity index (χ2n) is 5.28. The highest BCUT2D eigenvalue weighted by molar-refractivity contribution is 4.87. The molecule has 0 amide bonds. The molecule has 1 N–H and O–H groups in total. The number of rotatable bonds is 5. The van der Waals surface area contributed by atoms with Crippen molar-refractivity contribution in [2.75, 3.05) is 40.4 Å². The van der Waals surface area contributed by atoms with Crippen LogP contribution in [0.5, 0.6) is 0 Å². The zero-order chi connectivity index (χ0) is 12.2. The second kappa shape index (κ2) is 5.96. The first-order chi connectivity index (χ1) is 7.48. The molecule has 0 radical (unpaired) electrons. The number of hydrogen-bond acceptors (Lipinski definition) is 4. The Morgan fingerprint density at radius 2 is 2.25 bits per heavy atom. The van der Waals surface area contributed by atoms with Gasteiger partial charge in [0.1, 0.15) is 0 Å². The van der Waals surface area contributed by atoms with Crippen molar-refractivity contribution in [3.63, 3.8) is 0 Å². The molecular weight excluding hydrogens is 204 g/mol. The quantitative estimate of drug-likeness (QED) is 0.754. The van der Waals surface area contributed by atoms with Gasteiger partial charge in [-0.3, -0.25) is 4.90 Å². The van der Waals surface area contributed by atoms with Crippen molar-refractivity contribution in [3.8, 4) is 0 Å². The van der Waals surface area contributed by atoms with Gasteiger partial charge in [-0.2, -0.15) is 0 Å². The fourth-order valence-corrected chi connectivity index (χ4v) is 2.50. The molecule has 1 aliphatic heterocycles. The molecule has 0 aromatic carbocycles. The molecule has 1 saturated heterocycles. The van der Waals surface area contributed by atoms with Crippen LogP contribution in [0.1, 0.15) is 20.8 Å². The van der Waals surface area contributed by atoms with Gasteiger partial charge in [-0.1, -0.05) is 0 Å². The molecule has 2 unspecified atom stereocenters. The molecule has 0 bridgehead atoms. The van der Waals surface area contributed by atoms with Crippen LogP contribution in [0.25, 0.3) is 0 Å². The van der Waals surface area contributed by atoms with Crippen LogP contribution in [0.15, 0.2) is 0 Å². The van der Waals surface area contributed by atoms with Crippen LogP contribution >= 0.6 is 0 Å². The lowest BCUT2D eigenvalue weighted by Gasteiger charge is -2.45. The molecular formula is C12H26N2O2. The standard InChI is InChI=1S/C12H26N2O2/c1-10-7-14(9-12(2,3)16-10)11(6-13-4)8-15-5/h10-11,13H,6-9H2,1-5H3. The maximum Gasteiger partial charge on any atom is 0.0757 e. The van der Waals surface area contributed by atoms with Gasteiger partial charge in [0.2, 0.25) is 0 Å². The summed E-state index contributed by atoms with van der Waals surface area (Å²) < 4.78 is 11.2. The van der Waals surface area contributed by atoms with Crippen LogP contribution in [-0.2, 0) is 9.47 Å². The SMILES string of the molecule is CNCC(COC)N1CC(C)OC(C)(C)C1. The highest BCUT2D eigenvalue weighted by Gasteiger charge is 2.34. The molecule has 1 rings (SSSR count). The zero-order valence-corrected chi connectivity index (χ0v) is 11.2. The highest BCUT2D eigenvalue weighted by atomic mass is 16.5. The van der Waals surface area contributed by atoms with Gasteiger partial charge in [-0.05, 0) is 27.8 Å². The van der Waals surface area contributed by atoms with E-state index in [0.717, 1.165) is 26.2 Å². The Morgan fingerprint density at radius 1 is 1.56 bits per heavy atom. The van der Waals surface area contributed by atoms with Crippen molar-refractivity contribution < 1.29 is 9.47 Å². The van der Waals surface area contributed by atoms with E-state index in [1.165, 1.54) is 0 Å². The number of nitrogens with one attached hydrogen (secondary N) is 1. The molecule has 96 valence electrons. The van der Waals surface area contributed by atoms with Crippen molar-refractivity contribution in [2.24, 2.45) is 0 Å². The third-order valence-electron chi connectivity index (χ3n) is 2.91. The van der Waals surface area contributed by atoms with Crippen LogP contribution in [0.2, 0.25) is 0 Å². The smallest absolute Gasteiger partial charge is 0.0757 e. The third-order valence-corrected chi connectivity index (χ3v) is 2.91. The number of nitrogens with zero attached hydrogens (tertiary/aromatic N) is 1. The summed E-state index contributed by atoms with van der Waals surface area (Å²) in [4.78, 5) is 2.47. The number of ether oxygens (including phenoxy) is 2. The van der Waals surface area contributed by atoms with E-state index >= 15 is 0 Å². The Balaban J connectivity index is 2.61. The van der Waals surface area contributed by atoms with E-state index in [4.69, 9.17) is 9.47 Å². The minimum atomic E-state index is -0.0581. The first-order valence-corrected chi connectivity index (χ1v) is 6.04. The van der Waals surface area contributed by atoms with Gasteiger partial charge in [-0.15, -0.1) is 0 Å². The van der Waals surface area contributed by atoms with Crippen LogP contribution in [0.4, 0.5) is 0 Å². The maximum atomic E-state index is 5.91. The fourth-order valence-electron chi connectivity index (χ4n) is 2.50. The summed E-state index contributed by atoms with van der Waals surface area (Å²) in [6, 6.07) is 0.431. The van der Waals surface area contributed by atoms with Gasteiger partial charge in [-0.25, -0.2) is 0 Å². The van der Waals surface area contributed by atoms with E-state index < -0.39 is 0 Å². The molecule has 0 saturated carbocycles. The van der Waals surface area contributed by atoms with Crippen LogP contribution in [0, 0.1) is 0 Å². The van der Waals surface area contributed by atoms with E-state index in [2.05, 4.69) is 31.0 Å². The average Bonchev–Trinajstić information content (AvgIpc) is 2.14. The number of hydrogen-bond donors (Lipinski definition) is 1. The molecule has 1 heterocycles. The summed E-state index contributed by atoms with van der Waals surface area (Å²) in [6.07, 6.45) is 0.292. The molecule has 1 fully saturated rings. The van der Waals surface area contributed by atoms with Crippen molar-refractivity contribution >= 4 is 0 Å². The summed E-state index contributed by atoms with van der Waals surface area (Å²) in [5.74, 6) is 0. The van der Waals surface area contributed by atoms with Gasteiger partial charge >= 0.3 is 0 Å². The molecule has 16 heavy (non-hydrogen) atoms. The Bertz CT molecular complexity index is 203. The summed E-state index contributed by atoms with van der Waals surface area (Å²) in [6.45, 7) is 10.1. The molecule has 0 spiro atoms. The normalized spacial score (nSPS) is 27.9. The fraction of sp³-hybridized carbons (Fsp3) is 1.00. The molecule has 4 heteroatoms. The lowest BCUT2D eigenvalue weighted by Crippen LogP contribution is -2.58. The van der Waals surface area contributed by atoms with E-state index in [-0.39, 0.29) is 5.60 Å². The lowest BCUT2D eigenvalue weighted by molar-refractivity contribution is -0.141. The molecule has 1 aliphatic rings. The van der Waals surface area contributed by atoms with Gasteiger partial charge in [0.15, 0.2) is 0 Å². The predicted octanol–water partition coefficient (Wildman–Crippen LogP) is 0.720. The minimum absolute atomic E-state index is 0.0581. The van der Waals surface area contributed by atoms with E-state index in [1.807, 2.05) is 7.05 Å². The molecule has 0 aromatic heterocycles. The third kappa shape index (κ3) is 4.01. The lowest BCUT2D eigenvalue weighted by atomic mass is 10.0. The molecule has 2 atom stereocenters. The van der Waals surface area contributed by atoms with Gasteiger partial charge in [0.25, 0.3) is 0 Å². The van der Waals surface area contributed by atoms with Crippen molar-refractivity contribution in [3.05, 3.63) is 0 Å². The van der Waals surface area contributed by atoms with Crippen molar-refractivity contribution in [2.45, 2.75) is 38.5 Å². The minimum Gasteiger partial charge on any atom is -0.383 e. The topological polar surface area (TPSA) is 33.7 Å². The average molecular weight is 230 g/mol. The van der Waals surface area contributed by atoms with E-state index in [1.54, 1.807) is 7.11 Å². The first kappa shape index (κ1) is 13.9. The van der Waals surface area contributed by atoms with Crippen LogP contribution in [-0.4, -0.2) is 63.0 Å². The second-order valence-corrected chi connectivity index (χ2v) is 5.28. The Morgan fingerprint density at radius 3 is 2.75 bits per heavy atom. The Kier molecular flexibility index (Phi) is 5.18. The number of likely N-dealkylation sites (N-methyl/N-ethyl adjacent to an activating group) is 1. The van der Waals surface area contributed by atoms with Gasteiger partial charge < -0.3 is 14.8 Å². The summed E-state index contributed by atoms with van der Waals surface area (Å²) >= 11 is 0. The van der Waals surface area contributed by atoms with Gasteiger partial charge in [0.05, 0.1) is 18.3 Å². The van der Waals surface area contributed by atoms with Crippen LogP contribution < -0.4 is 5.32 Å². The first-order valence-electron chi connectivity index (χ1n) is 6.04. The van der Waals surface area contributed by atoms with E-state index in [9.17, 15) is 0 Å². The monoisotopic (exact) mass is 230 g/mol. The highest BCUT2D eigenvalue weighted by Crippen LogP contribution is 2.22. The number of morpholine rings is 1. The van der Waals surface area contributed by atoms with Crippen molar-refractivity contribution in [1.82, 2.24) is 10.2 Å². The van der Waals surface area contributed by atoms with Gasteiger partial charge in [0, 0.05) is 32.8 Å². The zero-order valence-electron chi connectivity index (χ0n) is 11.2. The summed E-state index contributed by atoms with van der Waals surface area (Å²) in [5, 5.41) is 3.23. The maximum absolute atomic E-state index is 5.91. The molecule has 0 aliphatic carbocycles. The van der Waals surface area contributed by atoms with E-state index in [0.29, 0.717) is 12.1 Å². The summed E-state index contributed by atoms with van der Waals surface area (Å²) in [7, 11) is 3.75. The van der Waals surface area contributed by atoms with Crippen molar-refractivity contribution in [1.29, 1.82) is 0 Å². The molecule has 0 aromatic rings. The Labute approximate surface area is 99.3 Å². The Hall–Kier alpha value is -0.160. The summed E-state index contributed by atoms with van der Waals surface area (Å²) in [5.41, 5.74) is -0.0581. The number of methoxy groups -OCH3 is 1. The predicted molar refractivity (Wildman–Crippen MR) is 65.8 cm³/mol. The molecule has 4 nitrogen and oxygen atoms in total.